The standard InChI is InChI=1S/C24H21ClN2O2/c1-29-19-12-8-16(9-13-19)21(22-15-26-23-5-3-2-4-20(22)23)14-27-24(28)17-6-10-18(25)11-7-17/h2-13,15,21,26H,14H2,1H3,(H,27,28)/t21-/m1/s1. The van der Waals surface area contributed by atoms with E-state index >= 15 is 0 Å². The Morgan fingerprint density at radius 2 is 1.76 bits per heavy atom. The minimum atomic E-state index is -0.125. The first kappa shape index (κ1) is 19.1. The molecule has 1 heterocycles. The van der Waals surface area contributed by atoms with Gasteiger partial charge in [0.1, 0.15) is 5.75 Å². The van der Waals surface area contributed by atoms with Crippen molar-refractivity contribution in [2.24, 2.45) is 0 Å². The van der Waals surface area contributed by atoms with Crippen LogP contribution in [0, 0.1) is 0 Å². The van der Waals surface area contributed by atoms with Gasteiger partial charge < -0.3 is 15.0 Å². The lowest BCUT2D eigenvalue weighted by atomic mass is 9.90. The predicted octanol–water partition coefficient (Wildman–Crippen LogP) is 5.39. The van der Waals surface area contributed by atoms with Gasteiger partial charge in [0.2, 0.25) is 0 Å². The molecule has 5 heteroatoms. The number of amides is 1. The maximum atomic E-state index is 12.6. The number of rotatable bonds is 6. The largest absolute Gasteiger partial charge is 0.497 e. The highest BCUT2D eigenvalue weighted by Gasteiger charge is 2.19. The number of H-pyrrole nitrogens is 1. The fourth-order valence-corrected chi connectivity index (χ4v) is 3.65. The summed E-state index contributed by atoms with van der Waals surface area (Å²) in [6.45, 7) is 0.468. The summed E-state index contributed by atoms with van der Waals surface area (Å²) < 4.78 is 5.29. The van der Waals surface area contributed by atoms with Crippen LogP contribution in [0.2, 0.25) is 5.02 Å². The van der Waals surface area contributed by atoms with Crippen molar-refractivity contribution in [3.63, 3.8) is 0 Å². The van der Waals surface area contributed by atoms with E-state index in [0.29, 0.717) is 17.1 Å². The second-order valence-corrected chi connectivity index (χ2v) is 7.27. The third-order valence-electron chi connectivity index (χ3n) is 5.09. The summed E-state index contributed by atoms with van der Waals surface area (Å²) in [5, 5.41) is 4.83. The lowest BCUT2D eigenvalue weighted by Crippen LogP contribution is -2.28. The maximum absolute atomic E-state index is 12.6. The molecule has 1 aromatic heterocycles. The van der Waals surface area contributed by atoms with Gasteiger partial charge in [0.05, 0.1) is 7.11 Å². The molecule has 0 aliphatic heterocycles. The van der Waals surface area contributed by atoms with Crippen molar-refractivity contribution < 1.29 is 9.53 Å². The van der Waals surface area contributed by atoms with Gasteiger partial charge >= 0.3 is 0 Å². The number of methoxy groups -OCH3 is 1. The number of halogens is 1. The molecule has 29 heavy (non-hydrogen) atoms. The third kappa shape index (κ3) is 4.13. The van der Waals surface area contributed by atoms with Crippen LogP contribution in [0.25, 0.3) is 10.9 Å². The number of aromatic amines is 1. The smallest absolute Gasteiger partial charge is 0.251 e. The normalized spacial score (nSPS) is 11.9. The fraction of sp³-hybridized carbons (Fsp3) is 0.125. The number of hydrogen-bond donors (Lipinski definition) is 2. The molecule has 1 atom stereocenters. The van der Waals surface area contributed by atoms with Crippen LogP contribution in [-0.2, 0) is 0 Å². The SMILES string of the molecule is COc1ccc([C@@H](CNC(=O)c2ccc(Cl)cc2)c2c[nH]c3ccccc23)cc1. The molecule has 2 N–H and O–H groups in total. The van der Waals surface area contributed by atoms with Crippen molar-refractivity contribution in [2.75, 3.05) is 13.7 Å². The summed E-state index contributed by atoms with van der Waals surface area (Å²) in [5.41, 5.74) is 3.90. The number of aromatic nitrogens is 1. The molecule has 146 valence electrons. The number of carbonyl (C=O) groups excluding carboxylic acids is 1. The molecular formula is C24H21ClN2O2. The summed E-state index contributed by atoms with van der Waals surface area (Å²) in [6, 6.07) is 23.0. The topological polar surface area (TPSA) is 54.1 Å². The van der Waals surface area contributed by atoms with Gasteiger partial charge in [-0.15, -0.1) is 0 Å². The molecule has 0 saturated heterocycles. The minimum absolute atomic E-state index is 0.00620. The summed E-state index contributed by atoms with van der Waals surface area (Å²) in [7, 11) is 1.65. The zero-order valence-electron chi connectivity index (χ0n) is 16.0. The average Bonchev–Trinajstić information content (AvgIpc) is 3.19. The van der Waals surface area contributed by atoms with Crippen LogP contribution < -0.4 is 10.1 Å². The first-order chi connectivity index (χ1) is 14.2. The Bertz CT molecular complexity index is 1120. The van der Waals surface area contributed by atoms with E-state index in [2.05, 4.69) is 22.4 Å². The monoisotopic (exact) mass is 404 g/mol. The Hall–Kier alpha value is -3.24. The first-order valence-corrected chi connectivity index (χ1v) is 9.77. The van der Waals surface area contributed by atoms with Gasteiger partial charge in [-0.05, 0) is 53.6 Å². The molecule has 4 nitrogen and oxygen atoms in total. The second-order valence-electron chi connectivity index (χ2n) is 6.83. The highest BCUT2D eigenvalue weighted by Crippen LogP contribution is 2.31. The number of ether oxygens (including phenoxy) is 1. The van der Waals surface area contributed by atoms with Crippen LogP contribution in [0.1, 0.15) is 27.4 Å². The highest BCUT2D eigenvalue weighted by atomic mass is 35.5. The molecule has 0 aliphatic carbocycles. The van der Waals surface area contributed by atoms with Crippen LogP contribution >= 0.6 is 11.6 Å². The molecule has 4 rings (SSSR count). The van der Waals surface area contributed by atoms with Crippen LogP contribution in [0.5, 0.6) is 5.75 Å². The number of carbonyl (C=O) groups is 1. The van der Waals surface area contributed by atoms with Crippen molar-refractivity contribution in [2.45, 2.75) is 5.92 Å². The van der Waals surface area contributed by atoms with E-state index in [0.717, 1.165) is 27.8 Å². The molecule has 4 aromatic rings. The zero-order chi connectivity index (χ0) is 20.2. The molecule has 0 radical (unpaired) electrons. The van der Waals surface area contributed by atoms with E-state index in [9.17, 15) is 4.79 Å². The van der Waals surface area contributed by atoms with E-state index in [-0.39, 0.29) is 11.8 Å². The van der Waals surface area contributed by atoms with Crippen molar-refractivity contribution in [3.8, 4) is 5.75 Å². The van der Waals surface area contributed by atoms with Crippen molar-refractivity contribution >= 4 is 28.4 Å². The van der Waals surface area contributed by atoms with E-state index < -0.39 is 0 Å². The molecule has 0 unspecified atom stereocenters. The first-order valence-electron chi connectivity index (χ1n) is 9.39. The quantitative estimate of drug-likeness (QED) is 0.452. The average molecular weight is 405 g/mol. The maximum Gasteiger partial charge on any atom is 0.251 e. The summed E-state index contributed by atoms with van der Waals surface area (Å²) in [6.07, 6.45) is 2.02. The van der Waals surface area contributed by atoms with Crippen LogP contribution in [0.4, 0.5) is 0 Å². The van der Waals surface area contributed by atoms with Gasteiger partial charge in [0, 0.05) is 40.1 Å². The van der Waals surface area contributed by atoms with Gasteiger partial charge in [-0.2, -0.15) is 0 Å². The van der Waals surface area contributed by atoms with Crippen molar-refractivity contribution in [3.05, 3.63) is 101 Å². The fourth-order valence-electron chi connectivity index (χ4n) is 3.52. The second kappa shape index (κ2) is 8.41. The zero-order valence-corrected chi connectivity index (χ0v) is 16.7. The highest BCUT2D eigenvalue weighted by molar-refractivity contribution is 6.30. The number of fused-ring (bicyclic) bond motifs is 1. The van der Waals surface area contributed by atoms with E-state index in [1.807, 2.05) is 42.6 Å². The Morgan fingerprint density at radius 3 is 2.48 bits per heavy atom. The molecule has 3 aromatic carbocycles. The van der Waals surface area contributed by atoms with E-state index in [4.69, 9.17) is 16.3 Å². The van der Waals surface area contributed by atoms with Gasteiger partial charge in [0.15, 0.2) is 0 Å². The molecule has 0 saturated carbocycles. The Morgan fingerprint density at radius 1 is 1.03 bits per heavy atom. The van der Waals surface area contributed by atoms with Gasteiger partial charge in [-0.1, -0.05) is 41.9 Å². The lowest BCUT2D eigenvalue weighted by molar-refractivity contribution is 0.0952. The number of benzene rings is 3. The van der Waals surface area contributed by atoms with Crippen LogP contribution in [-0.4, -0.2) is 24.5 Å². The molecule has 1 amide bonds. The number of para-hydroxylation sites is 1. The molecule has 0 spiro atoms. The summed E-state index contributed by atoms with van der Waals surface area (Å²) in [4.78, 5) is 16.0. The van der Waals surface area contributed by atoms with Crippen molar-refractivity contribution in [1.82, 2.24) is 10.3 Å². The van der Waals surface area contributed by atoms with Crippen LogP contribution in [0.3, 0.4) is 0 Å². The van der Waals surface area contributed by atoms with E-state index in [1.165, 1.54) is 0 Å². The molecule has 0 aliphatic rings. The summed E-state index contributed by atoms with van der Waals surface area (Å²) in [5.74, 6) is 0.671. The number of nitrogens with one attached hydrogen (secondary N) is 2. The Balaban J connectivity index is 1.64. The van der Waals surface area contributed by atoms with Gasteiger partial charge in [-0.3, -0.25) is 4.79 Å². The Labute approximate surface area is 174 Å². The van der Waals surface area contributed by atoms with Gasteiger partial charge in [-0.25, -0.2) is 0 Å². The molecule has 0 bridgehead atoms. The predicted molar refractivity (Wildman–Crippen MR) is 117 cm³/mol. The van der Waals surface area contributed by atoms with Crippen LogP contribution in [0.15, 0.2) is 79.0 Å². The summed E-state index contributed by atoms with van der Waals surface area (Å²) >= 11 is 5.93. The Kier molecular flexibility index (Phi) is 5.54. The molecular weight excluding hydrogens is 384 g/mol. The minimum Gasteiger partial charge on any atom is -0.497 e. The molecule has 0 fully saturated rings. The van der Waals surface area contributed by atoms with Gasteiger partial charge in [0.25, 0.3) is 5.91 Å². The third-order valence-corrected chi connectivity index (χ3v) is 5.34. The van der Waals surface area contributed by atoms with Crippen molar-refractivity contribution in [1.29, 1.82) is 0 Å². The number of hydrogen-bond acceptors (Lipinski definition) is 2. The lowest BCUT2D eigenvalue weighted by Gasteiger charge is -2.19. The van der Waals surface area contributed by atoms with E-state index in [1.54, 1.807) is 31.4 Å².